The van der Waals surface area contributed by atoms with Gasteiger partial charge in [-0.05, 0) is 45.1 Å². The van der Waals surface area contributed by atoms with Crippen molar-refractivity contribution in [3.63, 3.8) is 0 Å². The molecule has 2 N–H and O–H groups in total. The molecule has 0 aliphatic heterocycles. The summed E-state index contributed by atoms with van der Waals surface area (Å²) in [7, 11) is 0. The van der Waals surface area contributed by atoms with Gasteiger partial charge < -0.3 is 15.4 Å². The Morgan fingerprint density at radius 2 is 1.96 bits per heavy atom. The highest BCUT2D eigenvalue weighted by atomic mass is 32.1. The number of aromatic nitrogens is 4. The average molecular weight is 385 g/mol. The van der Waals surface area contributed by atoms with E-state index >= 15 is 0 Å². The summed E-state index contributed by atoms with van der Waals surface area (Å²) >= 11 is 5.41. The normalized spacial score (nSPS) is 10.6. The van der Waals surface area contributed by atoms with Crippen LogP contribution in [-0.2, 0) is 13.1 Å². The fraction of sp³-hybridized carbons (Fsp3) is 0.316. The number of nitrogens with one attached hydrogen (secondary N) is 2. The number of nitrogens with zero attached hydrogens (tertiary/aromatic N) is 4. The zero-order valence-corrected chi connectivity index (χ0v) is 16.6. The summed E-state index contributed by atoms with van der Waals surface area (Å²) in [5.41, 5.74) is 3.96. The molecule has 27 heavy (non-hydrogen) atoms. The van der Waals surface area contributed by atoms with Gasteiger partial charge >= 0.3 is 0 Å². The molecular weight excluding hydrogens is 360 g/mol. The minimum atomic E-state index is 0.483. The molecule has 0 amide bonds. The molecule has 0 spiro atoms. The molecule has 3 aromatic rings. The number of hydrogen-bond donors (Lipinski definition) is 2. The lowest BCUT2D eigenvalue weighted by Crippen LogP contribution is -2.19. The molecule has 7 nitrogen and oxygen atoms in total. The summed E-state index contributed by atoms with van der Waals surface area (Å²) in [5.74, 6) is 0.767. The van der Waals surface area contributed by atoms with Crippen LogP contribution in [0.2, 0.25) is 0 Å². The summed E-state index contributed by atoms with van der Waals surface area (Å²) in [4.78, 5) is 0. The Bertz CT molecular complexity index is 917. The number of hydrogen-bond acceptors (Lipinski definition) is 4. The maximum atomic E-state index is 5.61. The highest BCUT2D eigenvalue weighted by molar-refractivity contribution is 7.80. The summed E-state index contributed by atoms with van der Waals surface area (Å²) in [6, 6.07) is 7.70. The van der Waals surface area contributed by atoms with E-state index in [1.807, 2.05) is 52.9 Å². The lowest BCUT2D eigenvalue weighted by molar-refractivity contribution is 0.342. The van der Waals surface area contributed by atoms with Gasteiger partial charge in [0.15, 0.2) is 5.11 Å². The van der Waals surface area contributed by atoms with Gasteiger partial charge in [-0.25, -0.2) is 0 Å². The molecule has 1 aromatic carbocycles. The van der Waals surface area contributed by atoms with Crippen molar-refractivity contribution in [2.24, 2.45) is 0 Å². The molecule has 0 fully saturated rings. The van der Waals surface area contributed by atoms with Crippen molar-refractivity contribution < 1.29 is 4.74 Å². The van der Waals surface area contributed by atoms with Crippen LogP contribution in [0.5, 0.6) is 5.75 Å². The first-order chi connectivity index (χ1) is 13.1. The van der Waals surface area contributed by atoms with Gasteiger partial charge in [-0.3, -0.25) is 9.36 Å². The molecule has 0 atom stereocenters. The molecule has 0 bridgehead atoms. The summed E-state index contributed by atoms with van der Waals surface area (Å²) in [6.07, 6.45) is 5.57. The molecule has 0 aliphatic rings. The van der Waals surface area contributed by atoms with E-state index in [9.17, 15) is 0 Å². The Morgan fingerprint density at radius 1 is 1.15 bits per heavy atom. The molecule has 0 aliphatic carbocycles. The minimum Gasteiger partial charge on any atom is -0.492 e. The van der Waals surface area contributed by atoms with E-state index in [1.54, 1.807) is 6.20 Å². The van der Waals surface area contributed by atoms with Gasteiger partial charge in [0.25, 0.3) is 0 Å². The first kappa shape index (κ1) is 18.9. The Hall–Kier alpha value is -2.87. The van der Waals surface area contributed by atoms with Crippen molar-refractivity contribution in [1.82, 2.24) is 19.6 Å². The van der Waals surface area contributed by atoms with Gasteiger partial charge in [0.1, 0.15) is 5.75 Å². The highest BCUT2D eigenvalue weighted by Crippen LogP contribution is 2.24. The third-order valence-corrected chi connectivity index (χ3v) is 4.37. The van der Waals surface area contributed by atoms with E-state index in [-0.39, 0.29) is 0 Å². The van der Waals surface area contributed by atoms with Crippen LogP contribution in [0.15, 0.2) is 42.9 Å². The predicted molar refractivity (Wildman–Crippen MR) is 111 cm³/mol. The second-order valence-electron chi connectivity index (χ2n) is 6.01. The van der Waals surface area contributed by atoms with Gasteiger partial charge in [0, 0.05) is 24.0 Å². The molecule has 0 unspecified atom stereocenters. The van der Waals surface area contributed by atoms with E-state index in [0.29, 0.717) is 18.3 Å². The quantitative estimate of drug-likeness (QED) is 0.606. The fourth-order valence-electron chi connectivity index (χ4n) is 2.78. The van der Waals surface area contributed by atoms with Gasteiger partial charge in [0.2, 0.25) is 0 Å². The van der Waals surface area contributed by atoms with E-state index in [0.717, 1.165) is 34.9 Å². The average Bonchev–Trinajstić information content (AvgIpc) is 3.24. The molecule has 0 saturated carbocycles. The second kappa shape index (κ2) is 8.68. The number of rotatable bonds is 7. The minimum absolute atomic E-state index is 0.483. The van der Waals surface area contributed by atoms with Crippen molar-refractivity contribution in [2.75, 3.05) is 17.2 Å². The number of aryl methyl sites for hydroxylation is 1. The van der Waals surface area contributed by atoms with Gasteiger partial charge in [0.05, 0.1) is 36.9 Å². The lowest BCUT2D eigenvalue weighted by Gasteiger charge is -2.13. The highest BCUT2D eigenvalue weighted by Gasteiger charge is 2.09. The maximum absolute atomic E-state index is 5.61. The molecule has 8 heteroatoms. The summed E-state index contributed by atoms with van der Waals surface area (Å²) < 4.78 is 9.45. The summed E-state index contributed by atoms with van der Waals surface area (Å²) in [5, 5.41) is 15.6. The number of anilines is 2. The Labute approximate surface area is 164 Å². The predicted octanol–water partition coefficient (Wildman–Crippen LogP) is 3.66. The fourth-order valence-corrected chi connectivity index (χ4v) is 3.01. The zero-order valence-electron chi connectivity index (χ0n) is 15.8. The SMILES string of the molecule is CCOc1ccccc1NC(=S)Nc1cnn(Cc2cnn(CC)c2C)c1. The van der Waals surface area contributed by atoms with Crippen molar-refractivity contribution >= 4 is 28.7 Å². The Morgan fingerprint density at radius 3 is 2.70 bits per heavy atom. The van der Waals surface area contributed by atoms with Crippen LogP contribution in [0.4, 0.5) is 11.4 Å². The molecular formula is C19H24N6OS. The molecule has 2 heterocycles. The molecule has 2 aromatic heterocycles. The van der Waals surface area contributed by atoms with E-state index < -0.39 is 0 Å². The number of para-hydroxylation sites is 2. The maximum Gasteiger partial charge on any atom is 0.175 e. The number of ether oxygens (including phenoxy) is 1. The molecule has 0 saturated heterocycles. The largest absolute Gasteiger partial charge is 0.492 e. The first-order valence-corrected chi connectivity index (χ1v) is 9.35. The third kappa shape index (κ3) is 4.65. The van der Waals surface area contributed by atoms with Crippen LogP contribution in [0.25, 0.3) is 0 Å². The van der Waals surface area contributed by atoms with Gasteiger partial charge in [-0.1, -0.05) is 12.1 Å². The first-order valence-electron chi connectivity index (χ1n) is 8.94. The van der Waals surface area contributed by atoms with Crippen molar-refractivity contribution in [2.45, 2.75) is 33.9 Å². The zero-order chi connectivity index (χ0) is 19.2. The van der Waals surface area contributed by atoms with Crippen LogP contribution in [0.3, 0.4) is 0 Å². The van der Waals surface area contributed by atoms with Crippen LogP contribution < -0.4 is 15.4 Å². The molecule has 142 valence electrons. The van der Waals surface area contributed by atoms with Crippen molar-refractivity contribution in [3.8, 4) is 5.75 Å². The van der Waals surface area contributed by atoms with Crippen LogP contribution >= 0.6 is 12.2 Å². The van der Waals surface area contributed by atoms with Crippen molar-refractivity contribution in [1.29, 1.82) is 0 Å². The smallest absolute Gasteiger partial charge is 0.175 e. The van der Waals surface area contributed by atoms with Gasteiger partial charge in [-0.2, -0.15) is 10.2 Å². The van der Waals surface area contributed by atoms with Crippen LogP contribution in [-0.4, -0.2) is 31.3 Å². The van der Waals surface area contributed by atoms with E-state index in [2.05, 4.69) is 34.7 Å². The summed E-state index contributed by atoms with van der Waals surface area (Å²) in [6.45, 7) is 8.23. The Kier molecular flexibility index (Phi) is 6.08. The topological polar surface area (TPSA) is 68.9 Å². The standard InChI is InChI=1S/C19H24N6OS/c1-4-25-14(3)15(10-21-25)12-24-13-16(11-20-24)22-19(27)23-17-8-6-7-9-18(17)26-5-2/h6-11,13H,4-5,12H2,1-3H3,(H2,22,23,27). The van der Waals surface area contributed by atoms with Crippen molar-refractivity contribution in [3.05, 3.63) is 54.1 Å². The third-order valence-electron chi connectivity index (χ3n) is 4.16. The molecule has 0 radical (unpaired) electrons. The monoisotopic (exact) mass is 384 g/mol. The van der Waals surface area contributed by atoms with Gasteiger partial charge in [-0.15, -0.1) is 0 Å². The number of thiocarbonyl (C=S) groups is 1. The lowest BCUT2D eigenvalue weighted by atomic mass is 10.2. The van der Waals surface area contributed by atoms with E-state index in [1.165, 1.54) is 0 Å². The number of benzene rings is 1. The van der Waals surface area contributed by atoms with Crippen LogP contribution in [0, 0.1) is 6.92 Å². The Balaban J connectivity index is 1.62. The van der Waals surface area contributed by atoms with E-state index in [4.69, 9.17) is 17.0 Å². The molecule has 3 rings (SSSR count). The van der Waals surface area contributed by atoms with Crippen LogP contribution in [0.1, 0.15) is 25.1 Å². The second-order valence-corrected chi connectivity index (χ2v) is 6.41.